The maximum absolute atomic E-state index is 12.1. The summed E-state index contributed by atoms with van der Waals surface area (Å²) >= 11 is 7.54. The number of amides is 1. The van der Waals surface area contributed by atoms with Gasteiger partial charge in [0.1, 0.15) is 5.01 Å². The molecular formula is C17H19ClN2O2S. The molecule has 0 spiro atoms. The quantitative estimate of drug-likeness (QED) is 0.912. The number of carbonyl (C=O) groups is 1. The zero-order valence-corrected chi connectivity index (χ0v) is 14.5. The molecule has 1 aliphatic heterocycles. The lowest BCUT2D eigenvalue weighted by molar-refractivity contribution is -0.129. The van der Waals surface area contributed by atoms with Crippen LogP contribution in [0.15, 0.2) is 24.3 Å². The van der Waals surface area contributed by atoms with Gasteiger partial charge < -0.3 is 10.1 Å². The Kier molecular flexibility index (Phi) is 5.30. The molecule has 6 heteroatoms. The van der Waals surface area contributed by atoms with E-state index in [1.54, 1.807) is 11.3 Å². The van der Waals surface area contributed by atoms with Crippen molar-refractivity contribution in [3.63, 3.8) is 0 Å². The Morgan fingerprint density at radius 1 is 1.43 bits per heavy atom. The largest absolute Gasteiger partial charge is 0.381 e. The van der Waals surface area contributed by atoms with Gasteiger partial charge in [-0.05, 0) is 31.9 Å². The van der Waals surface area contributed by atoms with E-state index in [0.29, 0.717) is 18.2 Å². The maximum Gasteiger partial charge on any atom is 0.225 e. The van der Waals surface area contributed by atoms with Crippen molar-refractivity contribution in [2.75, 3.05) is 13.2 Å². The summed E-state index contributed by atoms with van der Waals surface area (Å²) in [6.07, 6.45) is 1.86. The first-order chi connectivity index (χ1) is 11.1. The molecule has 4 nitrogen and oxygen atoms in total. The fraction of sp³-hybridized carbons (Fsp3) is 0.412. The number of ether oxygens (including phenoxy) is 1. The third-order valence-electron chi connectivity index (χ3n) is 3.90. The molecule has 1 saturated heterocycles. The summed E-state index contributed by atoms with van der Waals surface area (Å²) < 4.78 is 5.36. The van der Waals surface area contributed by atoms with E-state index in [2.05, 4.69) is 10.3 Å². The van der Waals surface area contributed by atoms with Gasteiger partial charge in [-0.2, -0.15) is 0 Å². The summed E-state index contributed by atoms with van der Waals surface area (Å²) in [6.45, 7) is 3.80. The molecule has 122 valence electrons. The molecule has 0 bridgehead atoms. The first-order valence-electron chi connectivity index (χ1n) is 7.71. The van der Waals surface area contributed by atoms with Gasteiger partial charge in [-0.15, -0.1) is 11.3 Å². The highest BCUT2D eigenvalue weighted by molar-refractivity contribution is 7.12. The molecule has 2 heterocycles. The van der Waals surface area contributed by atoms with E-state index in [0.717, 1.165) is 40.6 Å². The van der Waals surface area contributed by atoms with Crippen molar-refractivity contribution >= 4 is 28.8 Å². The SMILES string of the molecule is Cc1sc(CNC(=O)C2CCCOC2)nc1-c1ccc(Cl)cc1. The minimum atomic E-state index is -0.0273. The van der Waals surface area contributed by atoms with Crippen LogP contribution in [-0.4, -0.2) is 24.1 Å². The minimum Gasteiger partial charge on any atom is -0.381 e. The third-order valence-corrected chi connectivity index (χ3v) is 5.13. The van der Waals surface area contributed by atoms with E-state index < -0.39 is 0 Å². The number of aromatic nitrogens is 1. The van der Waals surface area contributed by atoms with Gasteiger partial charge in [0.05, 0.1) is 24.8 Å². The molecule has 0 saturated carbocycles. The monoisotopic (exact) mass is 350 g/mol. The van der Waals surface area contributed by atoms with E-state index in [1.165, 1.54) is 0 Å². The van der Waals surface area contributed by atoms with Crippen LogP contribution in [0.4, 0.5) is 0 Å². The van der Waals surface area contributed by atoms with Gasteiger partial charge in [-0.25, -0.2) is 4.98 Å². The van der Waals surface area contributed by atoms with Crippen LogP contribution >= 0.6 is 22.9 Å². The van der Waals surface area contributed by atoms with Crippen LogP contribution in [-0.2, 0) is 16.1 Å². The minimum absolute atomic E-state index is 0.0273. The van der Waals surface area contributed by atoms with Gasteiger partial charge in [0.2, 0.25) is 5.91 Å². The van der Waals surface area contributed by atoms with Crippen LogP contribution in [0.5, 0.6) is 0 Å². The Hall–Kier alpha value is -1.43. The highest BCUT2D eigenvalue weighted by Gasteiger charge is 2.21. The molecular weight excluding hydrogens is 332 g/mol. The number of halogens is 1. The summed E-state index contributed by atoms with van der Waals surface area (Å²) in [4.78, 5) is 17.9. The number of nitrogens with zero attached hydrogens (tertiary/aromatic N) is 1. The van der Waals surface area contributed by atoms with Crippen molar-refractivity contribution in [3.8, 4) is 11.3 Å². The smallest absolute Gasteiger partial charge is 0.225 e. The van der Waals surface area contributed by atoms with Crippen LogP contribution in [0, 0.1) is 12.8 Å². The predicted octanol–water partition coefficient (Wildman–Crippen LogP) is 3.81. The normalized spacial score (nSPS) is 17.9. The highest BCUT2D eigenvalue weighted by Crippen LogP contribution is 2.28. The average Bonchev–Trinajstić information content (AvgIpc) is 2.95. The molecule has 3 rings (SSSR count). The topological polar surface area (TPSA) is 51.2 Å². The molecule has 1 amide bonds. The molecule has 0 radical (unpaired) electrons. The van der Waals surface area contributed by atoms with Crippen molar-refractivity contribution in [2.24, 2.45) is 5.92 Å². The van der Waals surface area contributed by atoms with Gasteiger partial charge in [0.25, 0.3) is 0 Å². The Bertz CT molecular complexity index is 678. The van der Waals surface area contributed by atoms with Gasteiger partial charge in [-0.1, -0.05) is 23.7 Å². The lowest BCUT2D eigenvalue weighted by atomic mass is 10.0. The number of carbonyl (C=O) groups excluding carboxylic acids is 1. The lowest BCUT2D eigenvalue weighted by Crippen LogP contribution is -2.35. The molecule has 1 N–H and O–H groups in total. The van der Waals surface area contributed by atoms with Crippen molar-refractivity contribution in [3.05, 3.63) is 39.2 Å². The second-order valence-corrected chi connectivity index (χ2v) is 7.38. The van der Waals surface area contributed by atoms with E-state index in [4.69, 9.17) is 16.3 Å². The molecule has 1 aromatic heterocycles. The molecule has 2 aromatic rings. The van der Waals surface area contributed by atoms with E-state index >= 15 is 0 Å². The number of benzene rings is 1. The van der Waals surface area contributed by atoms with Crippen molar-refractivity contribution in [2.45, 2.75) is 26.3 Å². The standard InChI is InChI=1S/C17H19ClN2O2S/c1-11-16(12-4-6-14(18)7-5-12)20-15(23-11)9-19-17(21)13-3-2-8-22-10-13/h4-7,13H,2-3,8-10H2,1H3,(H,19,21). The first kappa shape index (κ1) is 16.4. The zero-order valence-electron chi connectivity index (χ0n) is 13.0. The molecule has 1 aromatic carbocycles. The van der Waals surface area contributed by atoms with E-state index in [1.807, 2.05) is 31.2 Å². The summed E-state index contributed by atoms with van der Waals surface area (Å²) in [6, 6.07) is 7.65. The molecule has 1 aliphatic rings. The predicted molar refractivity (Wildman–Crippen MR) is 92.7 cm³/mol. The molecule has 1 fully saturated rings. The Balaban J connectivity index is 1.64. The maximum atomic E-state index is 12.1. The second-order valence-electron chi connectivity index (χ2n) is 5.65. The molecule has 1 atom stereocenters. The molecule has 0 aliphatic carbocycles. The van der Waals surface area contributed by atoms with Crippen LogP contribution in [0.1, 0.15) is 22.7 Å². The molecule has 1 unspecified atom stereocenters. The van der Waals surface area contributed by atoms with Gasteiger partial charge >= 0.3 is 0 Å². The average molecular weight is 351 g/mol. The summed E-state index contributed by atoms with van der Waals surface area (Å²) in [5, 5.41) is 4.60. The van der Waals surface area contributed by atoms with Crippen molar-refractivity contribution < 1.29 is 9.53 Å². The lowest BCUT2D eigenvalue weighted by Gasteiger charge is -2.20. The summed E-state index contributed by atoms with van der Waals surface area (Å²) in [7, 11) is 0. The Labute approximate surface area is 144 Å². The highest BCUT2D eigenvalue weighted by atomic mass is 35.5. The summed E-state index contributed by atoms with van der Waals surface area (Å²) in [5.41, 5.74) is 2.00. The van der Waals surface area contributed by atoms with Crippen LogP contribution in [0.25, 0.3) is 11.3 Å². The molecule has 23 heavy (non-hydrogen) atoms. The zero-order chi connectivity index (χ0) is 16.2. The number of hydrogen-bond acceptors (Lipinski definition) is 4. The summed E-state index contributed by atoms with van der Waals surface area (Å²) in [5.74, 6) is 0.0335. The number of aryl methyl sites for hydroxylation is 1. The number of thiazole rings is 1. The van der Waals surface area contributed by atoms with Crippen molar-refractivity contribution in [1.82, 2.24) is 10.3 Å². The van der Waals surface area contributed by atoms with E-state index in [9.17, 15) is 4.79 Å². The van der Waals surface area contributed by atoms with Gasteiger partial charge in [0.15, 0.2) is 0 Å². The Morgan fingerprint density at radius 2 is 2.22 bits per heavy atom. The second kappa shape index (κ2) is 7.43. The third kappa shape index (κ3) is 4.10. The number of nitrogens with one attached hydrogen (secondary N) is 1. The first-order valence-corrected chi connectivity index (χ1v) is 8.90. The van der Waals surface area contributed by atoms with Crippen LogP contribution in [0.2, 0.25) is 5.02 Å². The van der Waals surface area contributed by atoms with E-state index in [-0.39, 0.29) is 11.8 Å². The van der Waals surface area contributed by atoms with Crippen LogP contribution in [0.3, 0.4) is 0 Å². The Morgan fingerprint density at radius 3 is 2.91 bits per heavy atom. The fourth-order valence-corrected chi connectivity index (χ4v) is 3.68. The van der Waals surface area contributed by atoms with Gasteiger partial charge in [-0.3, -0.25) is 4.79 Å². The fourth-order valence-electron chi connectivity index (χ4n) is 2.66. The van der Waals surface area contributed by atoms with Crippen LogP contribution < -0.4 is 5.32 Å². The van der Waals surface area contributed by atoms with Crippen molar-refractivity contribution in [1.29, 1.82) is 0 Å². The van der Waals surface area contributed by atoms with Gasteiger partial charge in [0, 0.05) is 22.1 Å². The number of hydrogen-bond donors (Lipinski definition) is 1. The number of rotatable bonds is 4.